The van der Waals surface area contributed by atoms with Crippen molar-refractivity contribution in [2.45, 2.75) is 32.6 Å². The Bertz CT molecular complexity index is 382. The van der Waals surface area contributed by atoms with Gasteiger partial charge in [0.2, 0.25) is 0 Å². The van der Waals surface area contributed by atoms with E-state index in [9.17, 15) is 17.6 Å². The molecule has 0 fully saturated rings. The van der Waals surface area contributed by atoms with Gasteiger partial charge in [-0.3, -0.25) is 0 Å². The van der Waals surface area contributed by atoms with Gasteiger partial charge in [-0.15, -0.1) is 0 Å². The quantitative estimate of drug-likeness (QED) is 0.817. The molecule has 0 aliphatic heterocycles. The van der Waals surface area contributed by atoms with E-state index in [2.05, 4.69) is 15.3 Å². The van der Waals surface area contributed by atoms with Crippen molar-refractivity contribution in [3.8, 4) is 0 Å². The standard InChI is InChI=1S/C10H13F4N3/c1-3-7-4-8(17-6(2)16-7)15-5-10(13,14)9(11)12/h4,9H,3,5H2,1-2H3,(H,15,16,17). The summed E-state index contributed by atoms with van der Waals surface area (Å²) in [5, 5.41) is 2.20. The van der Waals surface area contributed by atoms with Gasteiger partial charge in [0.25, 0.3) is 0 Å². The van der Waals surface area contributed by atoms with Crippen LogP contribution < -0.4 is 5.32 Å². The molecular formula is C10H13F4N3. The average molecular weight is 251 g/mol. The molecule has 1 rings (SSSR count). The minimum atomic E-state index is -4.06. The Labute approximate surface area is 96.3 Å². The van der Waals surface area contributed by atoms with Gasteiger partial charge in [0.05, 0.1) is 6.54 Å². The maximum atomic E-state index is 12.7. The summed E-state index contributed by atoms with van der Waals surface area (Å²) in [5.41, 5.74) is 0.667. The molecule has 0 amide bonds. The van der Waals surface area contributed by atoms with Gasteiger partial charge in [-0.05, 0) is 13.3 Å². The molecule has 0 aromatic carbocycles. The van der Waals surface area contributed by atoms with Gasteiger partial charge in [0, 0.05) is 11.8 Å². The van der Waals surface area contributed by atoms with Crippen molar-refractivity contribution in [3.63, 3.8) is 0 Å². The van der Waals surface area contributed by atoms with E-state index in [-0.39, 0.29) is 5.82 Å². The summed E-state index contributed by atoms with van der Waals surface area (Å²) in [5.74, 6) is -3.52. The Hall–Kier alpha value is -1.40. The number of halogens is 4. The van der Waals surface area contributed by atoms with E-state index >= 15 is 0 Å². The third-order valence-corrected chi connectivity index (χ3v) is 2.08. The molecule has 1 aromatic rings. The zero-order chi connectivity index (χ0) is 13.1. The van der Waals surface area contributed by atoms with Crippen molar-refractivity contribution >= 4 is 5.82 Å². The normalized spacial score (nSPS) is 11.9. The lowest BCUT2D eigenvalue weighted by Crippen LogP contribution is -2.35. The molecule has 0 bridgehead atoms. The molecule has 0 aliphatic carbocycles. The second-order valence-corrected chi connectivity index (χ2v) is 3.56. The zero-order valence-electron chi connectivity index (χ0n) is 9.48. The molecule has 0 saturated carbocycles. The first kappa shape index (κ1) is 13.7. The number of hydrogen-bond acceptors (Lipinski definition) is 3. The molecule has 1 N–H and O–H groups in total. The second-order valence-electron chi connectivity index (χ2n) is 3.56. The molecule has 0 atom stereocenters. The van der Waals surface area contributed by atoms with Gasteiger partial charge in [0.15, 0.2) is 0 Å². The minimum Gasteiger partial charge on any atom is -0.364 e. The summed E-state index contributed by atoms with van der Waals surface area (Å²) in [7, 11) is 0. The van der Waals surface area contributed by atoms with Gasteiger partial charge in [-0.2, -0.15) is 8.78 Å². The zero-order valence-corrected chi connectivity index (χ0v) is 9.48. The molecule has 0 saturated heterocycles. The third-order valence-electron chi connectivity index (χ3n) is 2.08. The van der Waals surface area contributed by atoms with Crippen molar-refractivity contribution in [1.29, 1.82) is 0 Å². The second kappa shape index (κ2) is 5.29. The SMILES string of the molecule is CCc1cc(NCC(F)(F)C(F)F)nc(C)n1. The molecule has 96 valence electrons. The average Bonchev–Trinajstić information content (AvgIpc) is 2.25. The smallest absolute Gasteiger partial charge is 0.324 e. The van der Waals surface area contributed by atoms with Gasteiger partial charge in [-0.1, -0.05) is 6.92 Å². The maximum absolute atomic E-state index is 12.7. The third kappa shape index (κ3) is 3.83. The Morgan fingerprint density at radius 2 is 2.00 bits per heavy atom. The molecule has 0 radical (unpaired) electrons. The van der Waals surface area contributed by atoms with Gasteiger partial charge in [0.1, 0.15) is 11.6 Å². The van der Waals surface area contributed by atoms with Crippen molar-refractivity contribution in [2.75, 3.05) is 11.9 Å². The summed E-state index contributed by atoms with van der Waals surface area (Å²) < 4.78 is 49.2. The van der Waals surface area contributed by atoms with Crippen LogP contribution in [0.5, 0.6) is 0 Å². The lowest BCUT2D eigenvalue weighted by molar-refractivity contribution is -0.117. The van der Waals surface area contributed by atoms with Crippen LogP contribution in [0.2, 0.25) is 0 Å². The molecule has 1 aromatic heterocycles. The molecule has 7 heteroatoms. The Morgan fingerprint density at radius 1 is 1.35 bits per heavy atom. The first-order valence-corrected chi connectivity index (χ1v) is 5.09. The van der Waals surface area contributed by atoms with Crippen LogP contribution in [0.15, 0.2) is 6.07 Å². The van der Waals surface area contributed by atoms with Gasteiger partial charge >= 0.3 is 12.3 Å². The summed E-state index contributed by atoms with van der Waals surface area (Å²) in [6.45, 7) is 2.30. The molecule has 0 aliphatic rings. The predicted octanol–water partition coefficient (Wildman–Crippen LogP) is 2.66. The summed E-state index contributed by atoms with van der Waals surface area (Å²) in [6, 6.07) is 1.47. The highest BCUT2D eigenvalue weighted by Crippen LogP contribution is 2.23. The first-order chi connectivity index (χ1) is 7.85. The monoisotopic (exact) mass is 251 g/mol. The Kier molecular flexibility index (Phi) is 4.25. The van der Waals surface area contributed by atoms with Crippen LogP contribution >= 0.6 is 0 Å². The fourth-order valence-corrected chi connectivity index (χ4v) is 1.19. The highest BCUT2D eigenvalue weighted by molar-refractivity contribution is 5.36. The number of aromatic nitrogens is 2. The number of nitrogens with one attached hydrogen (secondary N) is 1. The molecule has 3 nitrogen and oxygen atoms in total. The van der Waals surface area contributed by atoms with Crippen LogP contribution in [0.1, 0.15) is 18.4 Å². The fraction of sp³-hybridized carbons (Fsp3) is 0.600. The predicted molar refractivity (Wildman–Crippen MR) is 55.6 cm³/mol. The number of alkyl halides is 4. The summed E-state index contributed by atoms with van der Waals surface area (Å²) >= 11 is 0. The van der Waals surface area contributed by atoms with E-state index in [1.165, 1.54) is 6.07 Å². The van der Waals surface area contributed by atoms with Crippen LogP contribution in [0.4, 0.5) is 23.4 Å². The Balaban J connectivity index is 2.72. The Morgan fingerprint density at radius 3 is 2.53 bits per heavy atom. The minimum absolute atomic E-state index is 0.134. The molecule has 17 heavy (non-hydrogen) atoms. The lowest BCUT2D eigenvalue weighted by atomic mass is 10.3. The van der Waals surface area contributed by atoms with Crippen LogP contribution in [-0.4, -0.2) is 28.9 Å². The van der Waals surface area contributed by atoms with Gasteiger partial charge < -0.3 is 5.32 Å². The van der Waals surface area contributed by atoms with E-state index in [4.69, 9.17) is 0 Å². The molecule has 0 spiro atoms. The van der Waals surface area contributed by atoms with E-state index in [1.54, 1.807) is 6.92 Å². The number of hydrogen-bond donors (Lipinski definition) is 1. The number of nitrogens with zero attached hydrogens (tertiary/aromatic N) is 2. The van der Waals surface area contributed by atoms with Crippen LogP contribution in [0, 0.1) is 6.92 Å². The van der Waals surface area contributed by atoms with Crippen molar-refractivity contribution < 1.29 is 17.6 Å². The highest BCUT2D eigenvalue weighted by atomic mass is 19.3. The van der Waals surface area contributed by atoms with Crippen LogP contribution in [0.3, 0.4) is 0 Å². The van der Waals surface area contributed by atoms with Crippen molar-refractivity contribution in [3.05, 3.63) is 17.6 Å². The first-order valence-electron chi connectivity index (χ1n) is 5.09. The fourth-order valence-electron chi connectivity index (χ4n) is 1.19. The molecular weight excluding hydrogens is 238 g/mol. The van der Waals surface area contributed by atoms with E-state index < -0.39 is 18.9 Å². The van der Waals surface area contributed by atoms with Crippen LogP contribution in [0.25, 0.3) is 0 Å². The highest BCUT2D eigenvalue weighted by Gasteiger charge is 2.40. The largest absolute Gasteiger partial charge is 0.364 e. The topological polar surface area (TPSA) is 37.8 Å². The van der Waals surface area contributed by atoms with E-state index in [1.807, 2.05) is 6.92 Å². The van der Waals surface area contributed by atoms with Gasteiger partial charge in [-0.25, -0.2) is 18.7 Å². The van der Waals surface area contributed by atoms with Crippen molar-refractivity contribution in [1.82, 2.24) is 9.97 Å². The molecule has 1 heterocycles. The maximum Gasteiger partial charge on any atom is 0.324 e. The summed E-state index contributed by atoms with van der Waals surface area (Å²) in [4.78, 5) is 7.89. The lowest BCUT2D eigenvalue weighted by Gasteiger charge is -2.16. The van der Waals surface area contributed by atoms with E-state index in [0.717, 1.165) is 0 Å². The van der Waals surface area contributed by atoms with E-state index in [0.29, 0.717) is 17.9 Å². The number of anilines is 1. The van der Waals surface area contributed by atoms with Crippen molar-refractivity contribution in [2.24, 2.45) is 0 Å². The summed E-state index contributed by atoms with van der Waals surface area (Å²) in [6.07, 6.45) is -3.08. The number of rotatable bonds is 5. The van der Waals surface area contributed by atoms with Crippen LogP contribution in [-0.2, 0) is 6.42 Å². The molecule has 0 unspecified atom stereocenters. The number of aryl methyl sites for hydroxylation is 2.